The molecule has 0 saturated heterocycles. The standard InChI is InChI=1S/C17H31N3/c1-17(2,3)16-8-6-15(7-9-16)14-20(12-4-10-18)13-5-11-19/h6-9H,4-5,10-14,18-19H2,1-3H3. The third-order valence-electron chi connectivity index (χ3n) is 3.58. The summed E-state index contributed by atoms with van der Waals surface area (Å²) < 4.78 is 0. The van der Waals surface area contributed by atoms with E-state index >= 15 is 0 Å². The molecular formula is C17H31N3. The molecule has 3 nitrogen and oxygen atoms in total. The van der Waals surface area contributed by atoms with E-state index in [4.69, 9.17) is 11.5 Å². The van der Waals surface area contributed by atoms with E-state index in [1.165, 1.54) is 11.1 Å². The molecule has 1 rings (SSSR count). The smallest absolute Gasteiger partial charge is 0.0233 e. The molecule has 0 bridgehead atoms. The van der Waals surface area contributed by atoms with Crippen LogP contribution in [0.5, 0.6) is 0 Å². The van der Waals surface area contributed by atoms with Crippen molar-refractivity contribution < 1.29 is 0 Å². The fourth-order valence-electron chi connectivity index (χ4n) is 2.27. The third-order valence-corrected chi connectivity index (χ3v) is 3.58. The fourth-order valence-corrected chi connectivity index (χ4v) is 2.27. The van der Waals surface area contributed by atoms with E-state index in [2.05, 4.69) is 49.9 Å². The van der Waals surface area contributed by atoms with Crippen LogP contribution in [0.1, 0.15) is 44.7 Å². The Hall–Kier alpha value is -0.900. The quantitative estimate of drug-likeness (QED) is 0.767. The van der Waals surface area contributed by atoms with Gasteiger partial charge in [0, 0.05) is 6.54 Å². The van der Waals surface area contributed by atoms with Gasteiger partial charge >= 0.3 is 0 Å². The van der Waals surface area contributed by atoms with Crippen LogP contribution in [0.3, 0.4) is 0 Å². The van der Waals surface area contributed by atoms with E-state index in [9.17, 15) is 0 Å². The molecule has 0 spiro atoms. The highest BCUT2D eigenvalue weighted by Crippen LogP contribution is 2.22. The Kier molecular flexibility index (Phi) is 7.20. The highest BCUT2D eigenvalue weighted by molar-refractivity contribution is 5.27. The van der Waals surface area contributed by atoms with Gasteiger partial charge in [-0.15, -0.1) is 0 Å². The zero-order valence-corrected chi connectivity index (χ0v) is 13.4. The maximum absolute atomic E-state index is 5.62. The second kappa shape index (κ2) is 8.40. The van der Waals surface area contributed by atoms with E-state index in [-0.39, 0.29) is 5.41 Å². The first-order valence-corrected chi connectivity index (χ1v) is 7.69. The van der Waals surface area contributed by atoms with Crippen molar-refractivity contribution in [2.75, 3.05) is 26.2 Å². The van der Waals surface area contributed by atoms with Gasteiger partial charge in [-0.3, -0.25) is 4.90 Å². The van der Waals surface area contributed by atoms with Crippen molar-refractivity contribution in [3.8, 4) is 0 Å². The van der Waals surface area contributed by atoms with Gasteiger partial charge in [0.05, 0.1) is 0 Å². The largest absolute Gasteiger partial charge is 0.330 e. The first-order chi connectivity index (χ1) is 9.47. The summed E-state index contributed by atoms with van der Waals surface area (Å²) in [5, 5.41) is 0. The van der Waals surface area contributed by atoms with Gasteiger partial charge in [-0.25, -0.2) is 0 Å². The Bertz CT molecular complexity index is 357. The van der Waals surface area contributed by atoms with Gasteiger partial charge in [-0.2, -0.15) is 0 Å². The lowest BCUT2D eigenvalue weighted by Gasteiger charge is -2.23. The number of hydrogen-bond acceptors (Lipinski definition) is 3. The highest BCUT2D eigenvalue weighted by atomic mass is 15.1. The number of nitrogens with two attached hydrogens (primary N) is 2. The molecule has 20 heavy (non-hydrogen) atoms. The summed E-state index contributed by atoms with van der Waals surface area (Å²) in [7, 11) is 0. The zero-order chi connectivity index (χ0) is 15.0. The molecule has 1 aromatic rings. The van der Waals surface area contributed by atoms with Crippen LogP contribution in [0.2, 0.25) is 0 Å². The molecule has 0 atom stereocenters. The molecule has 1 aromatic carbocycles. The van der Waals surface area contributed by atoms with Crippen molar-refractivity contribution in [3.63, 3.8) is 0 Å². The summed E-state index contributed by atoms with van der Waals surface area (Å²) >= 11 is 0. The van der Waals surface area contributed by atoms with E-state index in [1.807, 2.05) is 0 Å². The topological polar surface area (TPSA) is 55.3 Å². The summed E-state index contributed by atoms with van der Waals surface area (Å²) in [6.07, 6.45) is 2.09. The molecule has 0 heterocycles. The molecule has 3 heteroatoms. The lowest BCUT2D eigenvalue weighted by Crippen LogP contribution is -2.28. The maximum Gasteiger partial charge on any atom is 0.0233 e. The van der Waals surface area contributed by atoms with Crippen LogP contribution in [-0.4, -0.2) is 31.1 Å². The third kappa shape index (κ3) is 6.04. The summed E-state index contributed by atoms with van der Waals surface area (Å²) in [5.41, 5.74) is 14.2. The van der Waals surface area contributed by atoms with Crippen LogP contribution in [-0.2, 0) is 12.0 Å². The van der Waals surface area contributed by atoms with Crippen molar-refractivity contribution in [3.05, 3.63) is 35.4 Å². The number of hydrogen-bond donors (Lipinski definition) is 2. The van der Waals surface area contributed by atoms with Crippen molar-refractivity contribution >= 4 is 0 Å². The van der Waals surface area contributed by atoms with E-state index in [0.717, 1.165) is 45.6 Å². The molecule has 0 aliphatic heterocycles. The number of benzene rings is 1. The second-order valence-corrected chi connectivity index (χ2v) is 6.51. The van der Waals surface area contributed by atoms with Gasteiger partial charge in [-0.1, -0.05) is 45.0 Å². The molecule has 114 valence electrons. The highest BCUT2D eigenvalue weighted by Gasteiger charge is 2.13. The van der Waals surface area contributed by atoms with E-state index in [1.54, 1.807) is 0 Å². The molecule has 0 radical (unpaired) electrons. The van der Waals surface area contributed by atoms with E-state index in [0.29, 0.717) is 0 Å². The second-order valence-electron chi connectivity index (χ2n) is 6.51. The van der Waals surface area contributed by atoms with Crippen LogP contribution >= 0.6 is 0 Å². The predicted octanol–water partition coefficient (Wildman–Crippen LogP) is 2.48. The van der Waals surface area contributed by atoms with Gasteiger partial charge in [0.1, 0.15) is 0 Å². The molecule has 0 unspecified atom stereocenters. The number of rotatable bonds is 8. The summed E-state index contributed by atoms with van der Waals surface area (Å²) in [4.78, 5) is 2.45. The first-order valence-electron chi connectivity index (χ1n) is 7.69. The Balaban J connectivity index is 2.62. The molecular weight excluding hydrogens is 246 g/mol. The van der Waals surface area contributed by atoms with Crippen molar-refractivity contribution in [2.24, 2.45) is 11.5 Å². The molecule has 0 saturated carbocycles. The minimum atomic E-state index is 0.220. The van der Waals surface area contributed by atoms with Crippen molar-refractivity contribution in [2.45, 2.75) is 45.6 Å². The van der Waals surface area contributed by atoms with Crippen molar-refractivity contribution in [1.29, 1.82) is 0 Å². The van der Waals surface area contributed by atoms with Crippen molar-refractivity contribution in [1.82, 2.24) is 4.90 Å². The molecule has 0 aromatic heterocycles. The van der Waals surface area contributed by atoms with Gasteiger partial charge < -0.3 is 11.5 Å². The van der Waals surface area contributed by atoms with Crippen LogP contribution in [0.15, 0.2) is 24.3 Å². The minimum absolute atomic E-state index is 0.220. The summed E-state index contributed by atoms with van der Waals surface area (Å²) in [5.74, 6) is 0. The predicted molar refractivity (Wildman–Crippen MR) is 87.8 cm³/mol. The lowest BCUT2D eigenvalue weighted by molar-refractivity contribution is 0.262. The Morgan fingerprint density at radius 3 is 1.80 bits per heavy atom. The molecule has 0 fully saturated rings. The monoisotopic (exact) mass is 277 g/mol. The SMILES string of the molecule is CC(C)(C)c1ccc(CN(CCCN)CCCN)cc1. The van der Waals surface area contributed by atoms with Crippen LogP contribution < -0.4 is 11.5 Å². The molecule has 0 aliphatic carbocycles. The average molecular weight is 277 g/mol. The Morgan fingerprint density at radius 2 is 1.40 bits per heavy atom. The van der Waals surface area contributed by atoms with Gasteiger partial charge in [0.2, 0.25) is 0 Å². The number of nitrogens with zero attached hydrogens (tertiary/aromatic N) is 1. The first kappa shape index (κ1) is 17.2. The maximum atomic E-state index is 5.62. The normalized spacial score (nSPS) is 12.1. The van der Waals surface area contributed by atoms with Crippen LogP contribution in [0.4, 0.5) is 0 Å². The molecule has 0 aliphatic rings. The average Bonchev–Trinajstić information content (AvgIpc) is 2.41. The summed E-state index contributed by atoms with van der Waals surface area (Å²) in [6, 6.07) is 9.00. The summed E-state index contributed by atoms with van der Waals surface area (Å²) in [6.45, 7) is 11.3. The van der Waals surface area contributed by atoms with Gasteiger partial charge in [0.15, 0.2) is 0 Å². The Morgan fingerprint density at radius 1 is 0.900 bits per heavy atom. The van der Waals surface area contributed by atoms with Gasteiger partial charge in [-0.05, 0) is 55.6 Å². The lowest BCUT2D eigenvalue weighted by atomic mass is 9.87. The van der Waals surface area contributed by atoms with Gasteiger partial charge in [0.25, 0.3) is 0 Å². The van der Waals surface area contributed by atoms with E-state index < -0.39 is 0 Å². The fraction of sp³-hybridized carbons (Fsp3) is 0.647. The zero-order valence-electron chi connectivity index (χ0n) is 13.4. The Labute approximate surface area is 124 Å². The van der Waals surface area contributed by atoms with Crippen LogP contribution in [0, 0.1) is 0 Å². The molecule has 0 amide bonds. The minimum Gasteiger partial charge on any atom is -0.330 e. The molecule has 4 N–H and O–H groups in total. The van der Waals surface area contributed by atoms with Crippen LogP contribution in [0.25, 0.3) is 0 Å².